The van der Waals surface area contributed by atoms with Crippen molar-refractivity contribution in [3.05, 3.63) is 64.9 Å². The molecule has 0 fully saturated rings. The van der Waals surface area contributed by atoms with Gasteiger partial charge < -0.3 is 5.32 Å². The monoisotopic (exact) mass is 308 g/mol. The molecule has 3 aromatic rings. The summed E-state index contributed by atoms with van der Waals surface area (Å²) in [6.45, 7) is 7.89. The number of fused-ring (bicyclic) bond motifs is 1. The van der Waals surface area contributed by atoms with Crippen molar-refractivity contribution in [2.75, 3.05) is 0 Å². The Hall–Kier alpha value is -2.69. The number of carbonyl (C=O) groups excluding carboxylic acids is 1. The third-order valence-corrected chi connectivity index (χ3v) is 3.93. The number of imidazole rings is 1. The molecular formula is C18H20N4O. The van der Waals surface area contributed by atoms with E-state index in [9.17, 15) is 4.79 Å². The van der Waals surface area contributed by atoms with Gasteiger partial charge in [0, 0.05) is 11.4 Å². The normalized spacial score (nSPS) is 12.3. The van der Waals surface area contributed by atoms with E-state index < -0.39 is 0 Å². The number of hydrogen-bond donors (Lipinski definition) is 1. The summed E-state index contributed by atoms with van der Waals surface area (Å²) in [4.78, 5) is 21.3. The molecule has 0 spiro atoms. The first-order chi connectivity index (χ1) is 11.0. The van der Waals surface area contributed by atoms with E-state index in [1.165, 1.54) is 5.56 Å². The van der Waals surface area contributed by atoms with Crippen molar-refractivity contribution in [2.24, 2.45) is 0 Å². The number of amides is 1. The molecule has 2 aromatic heterocycles. The summed E-state index contributed by atoms with van der Waals surface area (Å²) in [5, 5.41) is 3.00. The number of aryl methyl sites for hydroxylation is 3. The molecular weight excluding hydrogens is 288 g/mol. The number of rotatable bonds is 3. The van der Waals surface area contributed by atoms with Crippen LogP contribution in [-0.2, 0) is 0 Å². The third kappa shape index (κ3) is 2.95. The summed E-state index contributed by atoms with van der Waals surface area (Å²) < 4.78 is 1.83. The number of carbonyl (C=O) groups is 1. The Balaban J connectivity index is 1.89. The van der Waals surface area contributed by atoms with Crippen LogP contribution in [0.5, 0.6) is 0 Å². The molecule has 1 N–H and O–H groups in total. The maximum Gasteiger partial charge on any atom is 0.274 e. The van der Waals surface area contributed by atoms with E-state index in [1.807, 2.05) is 56.4 Å². The van der Waals surface area contributed by atoms with E-state index in [0.717, 1.165) is 17.0 Å². The minimum absolute atomic E-state index is 0.0925. The topological polar surface area (TPSA) is 59.3 Å². The molecule has 0 saturated heterocycles. The smallest absolute Gasteiger partial charge is 0.274 e. The Labute approximate surface area is 135 Å². The molecule has 0 aliphatic heterocycles. The van der Waals surface area contributed by atoms with E-state index in [-0.39, 0.29) is 11.9 Å². The van der Waals surface area contributed by atoms with Gasteiger partial charge >= 0.3 is 0 Å². The van der Waals surface area contributed by atoms with Crippen LogP contribution in [0.2, 0.25) is 0 Å². The lowest BCUT2D eigenvalue weighted by Crippen LogP contribution is -2.27. The minimum atomic E-state index is -0.209. The lowest BCUT2D eigenvalue weighted by atomic mass is 10.1. The van der Waals surface area contributed by atoms with E-state index in [4.69, 9.17) is 0 Å². The predicted molar refractivity (Wildman–Crippen MR) is 89.5 cm³/mol. The first-order valence-corrected chi connectivity index (χ1v) is 7.64. The molecule has 23 heavy (non-hydrogen) atoms. The maximum atomic E-state index is 12.6. The summed E-state index contributed by atoms with van der Waals surface area (Å²) in [5.41, 5.74) is 5.07. The largest absolute Gasteiger partial charge is 0.344 e. The first kappa shape index (κ1) is 15.2. The Morgan fingerprint density at radius 3 is 2.74 bits per heavy atom. The molecule has 0 aliphatic carbocycles. The predicted octanol–water partition coefficient (Wildman–Crippen LogP) is 3.15. The SMILES string of the molecule is Cc1cccc([C@H](C)NC(=O)c2ncn3c(C)cc(C)nc23)c1. The fourth-order valence-corrected chi connectivity index (χ4v) is 2.73. The van der Waals surface area contributed by atoms with Gasteiger partial charge in [-0.1, -0.05) is 29.8 Å². The molecule has 0 saturated carbocycles. The molecule has 3 rings (SSSR count). The van der Waals surface area contributed by atoms with Crippen molar-refractivity contribution in [1.82, 2.24) is 19.7 Å². The average molecular weight is 308 g/mol. The van der Waals surface area contributed by atoms with Gasteiger partial charge in [-0.3, -0.25) is 9.20 Å². The van der Waals surface area contributed by atoms with Crippen molar-refractivity contribution in [2.45, 2.75) is 33.7 Å². The second kappa shape index (κ2) is 5.83. The molecule has 2 heterocycles. The summed E-state index contributed by atoms with van der Waals surface area (Å²) in [6, 6.07) is 9.99. The Morgan fingerprint density at radius 2 is 2.00 bits per heavy atom. The average Bonchev–Trinajstić information content (AvgIpc) is 2.91. The Bertz CT molecular complexity index is 882. The highest BCUT2D eigenvalue weighted by molar-refractivity contribution is 5.98. The standard InChI is InChI=1S/C18H20N4O/c1-11-6-5-7-15(8-11)14(4)21-18(23)16-17-20-12(2)9-13(3)22(17)10-19-16/h5-10,14H,1-4H3,(H,21,23)/t14-/m0/s1. The number of nitrogens with one attached hydrogen (secondary N) is 1. The highest BCUT2D eigenvalue weighted by atomic mass is 16.2. The van der Waals surface area contributed by atoms with Crippen LogP contribution in [0.4, 0.5) is 0 Å². The number of nitrogens with zero attached hydrogens (tertiary/aromatic N) is 3. The fourth-order valence-electron chi connectivity index (χ4n) is 2.73. The Morgan fingerprint density at radius 1 is 1.22 bits per heavy atom. The van der Waals surface area contributed by atoms with Crippen molar-refractivity contribution >= 4 is 11.6 Å². The lowest BCUT2D eigenvalue weighted by molar-refractivity contribution is 0.0937. The summed E-state index contributed by atoms with van der Waals surface area (Å²) in [5.74, 6) is -0.209. The van der Waals surface area contributed by atoms with Crippen molar-refractivity contribution in [3.63, 3.8) is 0 Å². The molecule has 0 unspecified atom stereocenters. The zero-order valence-corrected chi connectivity index (χ0v) is 13.8. The quantitative estimate of drug-likeness (QED) is 0.808. The highest BCUT2D eigenvalue weighted by Crippen LogP contribution is 2.16. The molecule has 118 valence electrons. The van der Waals surface area contributed by atoms with Gasteiger partial charge in [0.15, 0.2) is 11.3 Å². The zero-order valence-electron chi connectivity index (χ0n) is 13.8. The molecule has 1 atom stereocenters. The number of benzene rings is 1. The van der Waals surface area contributed by atoms with Crippen molar-refractivity contribution < 1.29 is 4.79 Å². The van der Waals surface area contributed by atoms with Crippen LogP contribution in [0.1, 0.15) is 46.0 Å². The van der Waals surface area contributed by atoms with Crippen LogP contribution in [0.25, 0.3) is 5.65 Å². The van der Waals surface area contributed by atoms with Gasteiger partial charge in [0.1, 0.15) is 6.33 Å². The van der Waals surface area contributed by atoms with Crippen molar-refractivity contribution in [3.8, 4) is 0 Å². The van der Waals surface area contributed by atoms with Crippen molar-refractivity contribution in [1.29, 1.82) is 0 Å². The van der Waals surface area contributed by atoms with Gasteiger partial charge in [-0.15, -0.1) is 0 Å². The third-order valence-electron chi connectivity index (χ3n) is 3.93. The van der Waals surface area contributed by atoms with Gasteiger partial charge in [0.05, 0.1) is 6.04 Å². The van der Waals surface area contributed by atoms with E-state index in [2.05, 4.69) is 21.4 Å². The summed E-state index contributed by atoms with van der Waals surface area (Å²) in [6.07, 6.45) is 1.64. The Kier molecular flexibility index (Phi) is 3.86. The van der Waals surface area contributed by atoms with Crippen LogP contribution >= 0.6 is 0 Å². The molecule has 5 nitrogen and oxygen atoms in total. The van der Waals surface area contributed by atoms with Gasteiger partial charge in [0.25, 0.3) is 5.91 Å². The molecule has 0 radical (unpaired) electrons. The van der Waals surface area contributed by atoms with Crippen LogP contribution in [0.3, 0.4) is 0 Å². The maximum absolute atomic E-state index is 12.6. The van der Waals surface area contributed by atoms with Gasteiger partial charge in [-0.25, -0.2) is 9.97 Å². The van der Waals surface area contributed by atoms with E-state index >= 15 is 0 Å². The molecule has 5 heteroatoms. The number of aromatic nitrogens is 3. The highest BCUT2D eigenvalue weighted by Gasteiger charge is 2.18. The van der Waals surface area contributed by atoms with Crippen LogP contribution in [0.15, 0.2) is 36.7 Å². The van der Waals surface area contributed by atoms with E-state index in [0.29, 0.717) is 11.3 Å². The van der Waals surface area contributed by atoms with Crippen LogP contribution in [0, 0.1) is 20.8 Å². The fraction of sp³-hybridized carbons (Fsp3) is 0.278. The van der Waals surface area contributed by atoms with Gasteiger partial charge in [0.2, 0.25) is 0 Å². The second-order valence-corrected chi connectivity index (χ2v) is 5.93. The molecule has 1 amide bonds. The summed E-state index contributed by atoms with van der Waals surface area (Å²) >= 11 is 0. The van der Waals surface area contributed by atoms with Gasteiger partial charge in [-0.2, -0.15) is 0 Å². The molecule has 0 bridgehead atoms. The van der Waals surface area contributed by atoms with Gasteiger partial charge in [-0.05, 0) is 39.3 Å². The first-order valence-electron chi connectivity index (χ1n) is 7.64. The second-order valence-electron chi connectivity index (χ2n) is 5.93. The molecule has 1 aromatic carbocycles. The molecule has 0 aliphatic rings. The summed E-state index contributed by atoms with van der Waals surface area (Å²) in [7, 11) is 0. The lowest BCUT2D eigenvalue weighted by Gasteiger charge is -2.14. The van der Waals surface area contributed by atoms with Crippen LogP contribution in [-0.4, -0.2) is 20.3 Å². The minimum Gasteiger partial charge on any atom is -0.344 e. The van der Waals surface area contributed by atoms with Crippen LogP contribution < -0.4 is 5.32 Å². The zero-order chi connectivity index (χ0) is 16.6. The van der Waals surface area contributed by atoms with E-state index in [1.54, 1.807) is 6.33 Å². The number of hydrogen-bond acceptors (Lipinski definition) is 3.